The van der Waals surface area contributed by atoms with Gasteiger partial charge in [0, 0.05) is 0 Å². The standard InChI is InChI=1S/C10H15At/c1-6-4-5-7-8(9(6)11)10(7,2)3/h6-7H,4-5H2,1-3H3. The molecule has 1 saturated carbocycles. The summed E-state index contributed by atoms with van der Waals surface area (Å²) in [5, 5.41) is 0. The molecule has 0 bridgehead atoms. The van der Waals surface area contributed by atoms with E-state index in [2.05, 4.69) is 20.8 Å². The summed E-state index contributed by atoms with van der Waals surface area (Å²) in [4.78, 5) is 0. The van der Waals surface area contributed by atoms with E-state index in [4.69, 9.17) is 0 Å². The average Bonchev–Trinajstić information content (AvgIpc) is 2.46. The van der Waals surface area contributed by atoms with Crippen molar-refractivity contribution >= 4 is 0 Å². The molecule has 0 heterocycles. The van der Waals surface area contributed by atoms with Crippen LogP contribution in [0.25, 0.3) is 0 Å². The van der Waals surface area contributed by atoms with Gasteiger partial charge in [0.1, 0.15) is 0 Å². The van der Waals surface area contributed by atoms with E-state index in [0.717, 1.165) is 11.8 Å². The van der Waals surface area contributed by atoms with Gasteiger partial charge in [-0.25, -0.2) is 0 Å². The molecule has 2 aliphatic carbocycles. The maximum absolute atomic E-state index is 2.41. The second kappa shape index (κ2) is 2.31. The first-order chi connectivity index (χ1) is 5.05. The van der Waals surface area contributed by atoms with Crippen molar-refractivity contribution in [3.63, 3.8) is 0 Å². The van der Waals surface area contributed by atoms with Gasteiger partial charge in [0.05, 0.1) is 0 Å². The van der Waals surface area contributed by atoms with E-state index in [1.54, 1.807) is 3.28 Å². The minimum absolute atomic E-state index is 0.592. The number of fused-ring (bicyclic) bond motifs is 1. The monoisotopic (exact) mass is 345 g/mol. The van der Waals surface area contributed by atoms with Crippen LogP contribution in [-0.4, -0.2) is 0 Å². The predicted molar refractivity (Wildman–Crippen MR) is 42.7 cm³/mol. The fraction of sp³-hybridized carbons (Fsp3) is 0.800. The molecule has 0 N–H and O–H groups in total. The molecule has 2 unspecified atom stereocenters. The SMILES string of the molecule is CC1CCC2C(=C1[At])C2(C)C. The molecule has 2 atom stereocenters. The van der Waals surface area contributed by atoms with Crippen molar-refractivity contribution in [2.24, 2.45) is 17.3 Å². The Morgan fingerprint density at radius 3 is 2.55 bits per heavy atom. The van der Waals surface area contributed by atoms with Crippen LogP contribution < -0.4 is 0 Å². The third-order valence-electron chi connectivity index (χ3n) is 3.41. The molecular formula is C10H15At. The molecular weight excluding hydrogens is 330 g/mol. The quantitative estimate of drug-likeness (QED) is 0.633. The molecule has 0 amide bonds. The van der Waals surface area contributed by atoms with E-state index >= 15 is 0 Å². The Hall–Kier alpha value is 0.623. The van der Waals surface area contributed by atoms with Crippen LogP contribution in [0, 0.1) is 42.0 Å². The Kier molecular flexibility index (Phi) is 1.73. The van der Waals surface area contributed by atoms with Crippen molar-refractivity contribution in [2.75, 3.05) is 0 Å². The minimum atomic E-state index is 0.592. The van der Waals surface area contributed by atoms with Crippen LogP contribution in [0.5, 0.6) is 0 Å². The fourth-order valence-corrected chi connectivity index (χ4v) is 4.31. The molecule has 0 saturated heterocycles. The summed E-state index contributed by atoms with van der Waals surface area (Å²) in [7, 11) is 0. The molecule has 0 aromatic heterocycles. The van der Waals surface area contributed by atoms with Crippen LogP contribution >= 0.6 is 0 Å². The molecule has 0 radical (unpaired) electrons. The van der Waals surface area contributed by atoms with E-state index in [1.165, 1.54) is 12.8 Å². The second-order valence-corrected chi connectivity index (χ2v) is 6.10. The summed E-state index contributed by atoms with van der Waals surface area (Å²) < 4.78 is 1.76. The topological polar surface area (TPSA) is 0 Å². The molecule has 2 aliphatic rings. The van der Waals surface area contributed by atoms with E-state index in [0.29, 0.717) is 5.41 Å². The van der Waals surface area contributed by atoms with Gasteiger partial charge in [0.2, 0.25) is 0 Å². The number of allylic oxidation sites excluding steroid dienone is 2. The Balaban J connectivity index is 2.35. The predicted octanol–water partition coefficient (Wildman–Crippen LogP) is 2.88. The Morgan fingerprint density at radius 2 is 2.00 bits per heavy atom. The number of hydrogen-bond acceptors (Lipinski definition) is 0. The molecule has 0 nitrogen and oxygen atoms in total. The van der Waals surface area contributed by atoms with E-state index in [1.807, 2.05) is 30.3 Å². The van der Waals surface area contributed by atoms with Gasteiger partial charge in [-0.05, 0) is 0 Å². The molecule has 0 aromatic rings. The Bertz CT molecular complexity index is 225. The second-order valence-electron chi connectivity index (χ2n) is 4.51. The molecule has 11 heavy (non-hydrogen) atoms. The van der Waals surface area contributed by atoms with Gasteiger partial charge < -0.3 is 0 Å². The summed E-state index contributed by atoms with van der Waals surface area (Å²) in [6, 6.07) is 0. The zero-order valence-electron chi connectivity index (χ0n) is 7.45. The molecule has 0 aromatic carbocycles. The maximum atomic E-state index is 2.41. The van der Waals surface area contributed by atoms with Gasteiger partial charge in [-0.3, -0.25) is 0 Å². The van der Waals surface area contributed by atoms with Gasteiger partial charge >= 0.3 is 84.4 Å². The molecule has 1 fully saturated rings. The average molecular weight is 345 g/mol. The van der Waals surface area contributed by atoms with Gasteiger partial charge in [0.25, 0.3) is 0 Å². The van der Waals surface area contributed by atoms with Crippen LogP contribution in [0.15, 0.2) is 8.85 Å². The fourth-order valence-electron chi connectivity index (χ4n) is 2.43. The third-order valence-corrected chi connectivity index (χ3v) is 5.65. The van der Waals surface area contributed by atoms with Gasteiger partial charge in [-0.2, -0.15) is 0 Å². The van der Waals surface area contributed by atoms with Crippen molar-refractivity contribution in [1.29, 1.82) is 0 Å². The van der Waals surface area contributed by atoms with Crippen molar-refractivity contribution in [1.82, 2.24) is 0 Å². The van der Waals surface area contributed by atoms with Crippen molar-refractivity contribution in [3.05, 3.63) is 8.85 Å². The molecule has 2 rings (SSSR count). The van der Waals surface area contributed by atoms with Crippen molar-refractivity contribution in [2.45, 2.75) is 33.6 Å². The Morgan fingerprint density at radius 1 is 1.36 bits per heavy atom. The summed E-state index contributed by atoms with van der Waals surface area (Å²) >= 11 is 1.92. The first-order valence-corrected chi connectivity index (χ1v) is 5.92. The molecule has 0 spiro atoms. The summed E-state index contributed by atoms with van der Waals surface area (Å²) in [5.74, 6) is 1.86. The number of hydrogen-bond donors (Lipinski definition) is 0. The first kappa shape index (κ1) is 8.23. The van der Waals surface area contributed by atoms with E-state index in [-0.39, 0.29) is 0 Å². The number of rotatable bonds is 0. The van der Waals surface area contributed by atoms with Gasteiger partial charge in [-0.1, -0.05) is 0 Å². The summed E-state index contributed by atoms with van der Waals surface area (Å²) in [5.41, 5.74) is 2.40. The first-order valence-electron chi connectivity index (χ1n) is 4.45. The van der Waals surface area contributed by atoms with E-state index < -0.39 is 0 Å². The zero-order chi connectivity index (χ0) is 8.22. The van der Waals surface area contributed by atoms with Crippen molar-refractivity contribution < 1.29 is 24.7 Å². The summed E-state index contributed by atoms with van der Waals surface area (Å²) in [6.07, 6.45) is 2.89. The zero-order valence-corrected chi connectivity index (χ0v) is 10.4. The van der Waals surface area contributed by atoms with Crippen molar-refractivity contribution in [3.8, 4) is 0 Å². The Labute approximate surface area is 84.3 Å². The normalized spacial score (nSPS) is 40.4. The van der Waals surface area contributed by atoms with Gasteiger partial charge in [-0.15, -0.1) is 0 Å². The van der Waals surface area contributed by atoms with Crippen LogP contribution in [-0.2, 0) is 0 Å². The van der Waals surface area contributed by atoms with Crippen LogP contribution in [0.1, 0.15) is 33.6 Å². The van der Waals surface area contributed by atoms with Crippen LogP contribution in [0.2, 0.25) is 0 Å². The van der Waals surface area contributed by atoms with Gasteiger partial charge in [0.15, 0.2) is 0 Å². The van der Waals surface area contributed by atoms with Crippen LogP contribution in [0.4, 0.5) is 0 Å². The third kappa shape index (κ3) is 1.04. The molecule has 0 aliphatic heterocycles. The molecule has 1 heteroatoms. The van der Waals surface area contributed by atoms with Crippen LogP contribution in [0.3, 0.4) is 0 Å². The molecule has 62 valence electrons. The summed E-state index contributed by atoms with van der Waals surface area (Å²) in [6.45, 7) is 7.19. The van der Waals surface area contributed by atoms with E-state index in [9.17, 15) is 0 Å².